The van der Waals surface area contributed by atoms with Crippen molar-refractivity contribution < 1.29 is 23.7 Å². The first-order chi connectivity index (χ1) is 19.0. The number of pyridine rings is 1. The number of aryl methyl sites for hydroxylation is 1. The molecule has 0 fully saturated rings. The first-order valence-corrected chi connectivity index (χ1v) is 12.7. The number of benzene rings is 2. The van der Waals surface area contributed by atoms with Gasteiger partial charge in [-0.15, -0.1) is 11.3 Å². The summed E-state index contributed by atoms with van der Waals surface area (Å²) in [4.78, 5) is 30.1. The standard InChI is InChI=1S/C28H25N5O5S/c1-5-17-11-20(26-21(12-17)32-24(36-4)15-30-26)27-33-25-16(2)10-19(13-22(25)39-27)37-8-9-38-28(34)31-18-6-7-23(35-3)29-14-18/h5-7,10-15H,1,8-9H2,2-4H3,(H,31,34). The quantitative estimate of drug-likeness (QED) is 0.227. The topological polar surface area (TPSA) is 118 Å². The molecular weight excluding hydrogens is 518 g/mol. The summed E-state index contributed by atoms with van der Waals surface area (Å²) in [6.45, 7) is 6.14. The molecule has 198 valence electrons. The Morgan fingerprint density at radius 2 is 1.85 bits per heavy atom. The fraction of sp³-hybridized carbons (Fsp3) is 0.179. The van der Waals surface area contributed by atoms with E-state index in [1.54, 1.807) is 31.5 Å². The average molecular weight is 544 g/mol. The molecule has 0 spiro atoms. The lowest BCUT2D eigenvalue weighted by atomic mass is 10.1. The fourth-order valence-corrected chi connectivity index (χ4v) is 4.98. The minimum absolute atomic E-state index is 0.0723. The number of fused-ring (bicyclic) bond motifs is 2. The van der Waals surface area contributed by atoms with Gasteiger partial charge in [-0.05, 0) is 48.4 Å². The molecule has 39 heavy (non-hydrogen) atoms. The number of hydrogen-bond acceptors (Lipinski definition) is 10. The summed E-state index contributed by atoms with van der Waals surface area (Å²) < 4.78 is 22.3. The molecule has 0 aliphatic heterocycles. The first kappa shape index (κ1) is 25.9. The van der Waals surface area contributed by atoms with Gasteiger partial charge in [0.25, 0.3) is 0 Å². The molecule has 0 aliphatic carbocycles. The van der Waals surface area contributed by atoms with Crippen molar-refractivity contribution in [3.63, 3.8) is 0 Å². The van der Waals surface area contributed by atoms with Gasteiger partial charge in [-0.2, -0.15) is 0 Å². The van der Waals surface area contributed by atoms with E-state index in [0.29, 0.717) is 28.7 Å². The van der Waals surface area contributed by atoms with Gasteiger partial charge in [-0.3, -0.25) is 5.32 Å². The molecule has 10 nitrogen and oxygen atoms in total. The summed E-state index contributed by atoms with van der Waals surface area (Å²) >= 11 is 1.54. The predicted octanol–water partition coefficient (Wildman–Crippen LogP) is 5.90. The van der Waals surface area contributed by atoms with Gasteiger partial charge >= 0.3 is 6.09 Å². The molecular formula is C28H25N5O5S. The molecule has 1 N–H and O–H groups in total. The highest BCUT2D eigenvalue weighted by Gasteiger charge is 2.16. The average Bonchev–Trinajstić information content (AvgIpc) is 3.39. The molecule has 1 amide bonds. The van der Waals surface area contributed by atoms with Gasteiger partial charge in [0.2, 0.25) is 11.8 Å². The second kappa shape index (κ2) is 11.3. The molecule has 0 aliphatic rings. The third-order valence-electron chi connectivity index (χ3n) is 5.76. The van der Waals surface area contributed by atoms with Crippen molar-refractivity contribution in [1.29, 1.82) is 0 Å². The highest BCUT2D eigenvalue weighted by atomic mass is 32.1. The van der Waals surface area contributed by atoms with Crippen LogP contribution in [0.5, 0.6) is 17.5 Å². The molecule has 0 atom stereocenters. The zero-order valence-electron chi connectivity index (χ0n) is 21.6. The number of methoxy groups -OCH3 is 2. The van der Waals surface area contributed by atoms with E-state index in [4.69, 9.17) is 23.9 Å². The van der Waals surface area contributed by atoms with Crippen LogP contribution in [0.25, 0.3) is 37.9 Å². The molecule has 0 unspecified atom stereocenters. The van der Waals surface area contributed by atoms with Crippen molar-refractivity contribution in [2.24, 2.45) is 0 Å². The molecule has 11 heteroatoms. The minimum Gasteiger partial charge on any atom is -0.490 e. The number of rotatable bonds is 9. The van der Waals surface area contributed by atoms with Crippen LogP contribution in [0.15, 0.2) is 55.4 Å². The largest absolute Gasteiger partial charge is 0.490 e. The van der Waals surface area contributed by atoms with Crippen LogP contribution in [0.4, 0.5) is 10.5 Å². The second-order valence-electron chi connectivity index (χ2n) is 8.36. The Bertz CT molecular complexity index is 1670. The van der Waals surface area contributed by atoms with Crippen molar-refractivity contribution in [2.45, 2.75) is 6.92 Å². The molecule has 2 aromatic carbocycles. The smallest absolute Gasteiger partial charge is 0.411 e. The number of hydrogen-bond donors (Lipinski definition) is 1. The SMILES string of the molecule is C=Cc1cc(-c2nc3c(C)cc(OCCOC(=O)Nc4ccc(OC)nc4)cc3s2)c2ncc(OC)nc2c1. The second-order valence-corrected chi connectivity index (χ2v) is 9.39. The van der Waals surface area contributed by atoms with Gasteiger partial charge < -0.3 is 18.9 Å². The monoisotopic (exact) mass is 543 g/mol. The summed E-state index contributed by atoms with van der Waals surface area (Å²) in [6, 6.07) is 11.1. The summed E-state index contributed by atoms with van der Waals surface area (Å²) in [5.74, 6) is 1.55. The van der Waals surface area contributed by atoms with Crippen LogP contribution in [-0.4, -0.2) is 53.5 Å². The van der Waals surface area contributed by atoms with Crippen LogP contribution < -0.4 is 19.5 Å². The maximum atomic E-state index is 12.0. The van der Waals surface area contributed by atoms with Crippen molar-refractivity contribution in [3.05, 3.63) is 66.5 Å². The van der Waals surface area contributed by atoms with Crippen molar-refractivity contribution >= 4 is 50.4 Å². The van der Waals surface area contributed by atoms with E-state index in [9.17, 15) is 4.79 Å². The van der Waals surface area contributed by atoms with Gasteiger partial charge in [0.15, 0.2) is 0 Å². The molecule has 3 heterocycles. The highest BCUT2D eigenvalue weighted by molar-refractivity contribution is 7.21. The molecule has 0 bridgehead atoms. The molecule has 3 aromatic heterocycles. The number of aromatic nitrogens is 4. The zero-order valence-corrected chi connectivity index (χ0v) is 22.4. The number of nitrogens with zero attached hydrogens (tertiary/aromatic N) is 4. The Kier molecular flexibility index (Phi) is 7.50. The van der Waals surface area contributed by atoms with Crippen molar-refractivity contribution in [2.75, 3.05) is 32.8 Å². The maximum Gasteiger partial charge on any atom is 0.411 e. The van der Waals surface area contributed by atoms with Gasteiger partial charge in [0, 0.05) is 11.6 Å². The van der Waals surface area contributed by atoms with Crippen molar-refractivity contribution in [3.8, 4) is 28.1 Å². The van der Waals surface area contributed by atoms with Crippen LogP contribution in [0.2, 0.25) is 0 Å². The highest BCUT2D eigenvalue weighted by Crippen LogP contribution is 2.37. The Morgan fingerprint density at radius 3 is 2.59 bits per heavy atom. The number of carbonyl (C=O) groups is 1. The maximum absolute atomic E-state index is 12.0. The summed E-state index contributed by atoms with van der Waals surface area (Å²) in [6.07, 6.45) is 4.25. The van der Waals surface area contributed by atoms with Crippen LogP contribution in [-0.2, 0) is 4.74 Å². The number of nitrogens with one attached hydrogen (secondary N) is 1. The third-order valence-corrected chi connectivity index (χ3v) is 6.79. The Balaban J connectivity index is 1.29. The van der Waals surface area contributed by atoms with E-state index < -0.39 is 6.09 Å². The third kappa shape index (κ3) is 5.73. The summed E-state index contributed by atoms with van der Waals surface area (Å²) in [5, 5.41) is 3.42. The number of amides is 1. The van der Waals surface area contributed by atoms with Crippen LogP contribution >= 0.6 is 11.3 Å². The zero-order chi connectivity index (χ0) is 27.4. The van der Waals surface area contributed by atoms with E-state index in [2.05, 4.69) is 26.8 Å². The van der Waals surface area contributed by atoms with E-state index in [0.717, 1.165) is 37.4 Å². The Labute approximate surface area is 228 Å². The van der Waals surface area contributed by atoms with E-state index >= 15 is 0 Å². The molecule has 0 saturated heterocycles. The summed E-state index contributed by atoms with van der Waals surface area (Å²) in [7, 11) is 3.08. The first-order valence-electron chi connectivity index (χ1n) is 11.9. The lowest BCUT2D eigenvalue weighted by Crippen LogP contribution is -2.17. The number of anilines is 1. The normalized spacial score (nSPS) is 10.8. The predicted molar refractivity (Wildman–Crippen MR) is 151 cm³/mol. The summed E-state index contributed by atoms with van der Waals surface area (Å²) in [5.41, 5.74) is 5.56. The Morgan fingerprint density at radius 1 is 1.00 bits per heavy atom. The molecule has 5 aromatic rings. The minimum atomic E-state index is -0.598. The number of thiazole rings is 1. The van der Waals surface area contributed by atoms with E-state index in [1.165, 1.54) is 24.6 Å². The lowest BCUT2D eigenvalue weighted by molar-refractivity contribution is 0.138. The van der Waals surface area contributed by atoms with Gasteiger partial charge in [0.05, 0.1) is 53.6 Å². The lowest BCUT2D eigenvalue weighted by Gasteiger charge is -2.09. The van der Waals surface area contributed by atoms with Crippen LogP contribution in [0.3, 0.4) is 0 Å². The van der Waals surface area contributed by atoms with Gasteiger partial charge in [-0.25, -0.2) is 24.7 Å². The van der Waals surface area contributed by atoms with Gasteiger partial charge in [0.1, 0.15) is 24.0 Å². The molecule has 0 saturated carbocycles. The number of ether oxygens (including phenoxy) is 4. The molecule has 5 rings (SSSR count). The van der Waals surface area contributed by atoms with E-state index in [1.807, 2.05) is 31.2 Å². The fourth-order valence-electron chi connectivity index (χ4n) is 3.89. The molecule has 0 radical (unpaired) electrons. The van der Waals surface area contributed by atoms with Crippen molar-refractivity contribution in [1.82, 2.24) is 19.9 Å². The Hall–Kier alpha value is -4.77. The van der Waals surface area contributed by atoms with Crippen LogP contribution in [0, 0.1) is 6.92 Å². The van der Waals surface area contributed by atoms with Gasteiger partial charge in [-0.1, -0.05) is 12.7 Å². The van der Waals surface area contributed by atoms with E-state index in [-0.39, 0.29) is 13.2 Å². The van der Waals surface area contributed by atoms with Crippen LogP contribution in [0.1, 0.15) is 11.1 Å². The number of carbonyl (C=O) groups excluding carboxylic acids is 1.